The third kappa shape index (κ3) is 4.35. The first-order valence-electron chi connectivity index (χ1n) is 7.70. The van der Waals surface area contributed by atoms with Crippen molar-refractivity contribution in [3.63, 3.8) is 0 Å². The minimum Gasteiger partial charge on any atom is -0.166 e. The molecule has 0 fully saturated rings. The summed E-state index contributed by atoms with van der Waals surface area (Å²) in [7, 11) is 0. The average molecular weight is 445 g/mol. The molecule has 140 valence electrons. The van der Waals surface area contributed by atoms with Gasteiger partial charge in [0.2, 0.25) is 0 Å². The van der Waals surface area contributed by atoms with Crippen molar-refractivity contribution in [2.75, 3.05) is 0 Å². The number of benzene rings is 3. The minimum absolute atomic E-state index is 0.527. The van der Waals surface area contributed by atoms with Crippen molar-refractivity contribution in [2.24, 2.45) is 0 Å². The van der Waals surface area contributed by atoms with E-state index in [1.807, 2.05) is 0 Å². The van der Waals surface area contributed by atoms with Crippen molar-refractivity contribution in [3.05, 3.63) is 82.3 Å². The number of alkyl halides is 6. The van der Waals surface area contributed by atoms with Gasteiger partial charge in [-0.15, -0.1) is 0 Å². The largest absolute Gasteiger partial charge is 0.416 e. The Morgan fingerprint density at radius 1 is 0.519 bits per heavy atom. The molecule has 0 saturated carbocycles. The van der Waals surface area contributed by atoms with Crippen molar-refractivity contribution >= 4 is 15.9 Å². The van der Waals surface area contributed by atoms with Crippen LogP contribution in [0.4, 0.5) is 26.3 Å². The Balaban J connectivity index is 2.06. The molecule has 0 spiro atoms. The van der Waals surface area contributed by atoms with Crippen LogP contribution in [0.25, 0.3) is 22.3 Å². The van der Waals surface area contributed by atoms with E-state index in [4.69, 9.17) is 0 Å². The molecule has 27 heavy (non-hydrogen) atoms. The van der Waals surface area contributed by atoms with Crippen LogP contribution in [0.3, 0.4) is 0 Å². The maximum Gasteiger partial charge on any atom is 0.416 e. The summed E-state index contributed by atoms with van der Waals surface area (Å²) in [6, 6.07) is 14.5. The molecule has 0 N–H and O–H groups in total. The highest BCUT2D eigenvalue weighted by Crippen LogP contribution is 2.37. The van der Waals surface area contributed by atoms with Crippen molar-refractivity contribution in [1.29, 1.82) is 0 Å². The lowest BCUT2D eigenvalue weighted by Gasteiger charge is -2.13. The lowest BCUT2D eigenvalue weighted by Crippen LogP contribution is -2.04. The quantitative estimate of drug-likeness (QED) is 0.353. The molecule has 0 unspecified atom stereocenters. The lowest BCUT2D eigenvalue weighted by molar-refractivity contribution is -0.138. The fourth-order valence-corrected chi connectivity index (χ4v) is 3.05. The number of halogens is 7. The molecule has 0 amide bonds. The third-order valence-electron chi connectivity index (χ3n) is 4.03. The van der Waals surface area contributed by atoms with Gasteiger partial charge in [0.25, 0.3) is 0 Å². The fraction of sp³-hybridized carbons (Fsp3) is 0.100. The Morgan fingerprint density at radius 3 is 1.33 bits per heavy atom. The Kier molecular flexibility index (Phi) is 5.08. The molecule has 0 aliphatic heterocycles. The lowest BCUT2D eigenvalue weighted by atomic mass is 9.93. The standard InChI is InChI=1S/C20H11BrF6/c21-16-9-10-17(12-1-5-14(6-2-12)19(22,23)24)18(11-16)13-3-7-15(8-4-13)20(25,26)27/h1-11H. The summed E-state index contributed by atoms with van der Waals surface area (Å²) < 4.78 is 77.3. The zero-order valence-corrected chi connectivity index (χ0v) is 15.1. The van der Waals surface area contributed by atoms with E-state index < -0.39 is 23.5 Å². The Bertz CT molecular complexity index is 938. The second-order valence-corrected chi connectivity index (χ2v) is 6.76. The first kappa shape index (κ1) is 19.5. The highest BCUT2D eigenvalue weighted by atomic mass is 79.9. The molecule has 0 saturated heterocycles. The smallest absolute Gasteiger partial charge is 0.166 e. The number of hydrogen-bond donors (Lipinski definition) is 0. The van der Waals surface area contributed by atoms with Gasteiger partial charge in [0.15, 0.2) is 0 Å². The van der Waals surface area contributed by atoms with E-state index in [0.29, 0.717) is 26.7 Å². The van der Waals surface area contributed by atoms with Crippen LogP contribution in [-0.2, 0) is 12.4 Å². The van der Waals surface area contributed by atoms with Crippen molar-refractivity contribution in [2.45, 2.75) is 12.4 Å². The SMILES string of the molecule is FC(F)(F)c1ccc(-c2ccc(Br)cc2-c2ccc(C(F)(F)F)cc2)cc1. The summed E-state index contributed by atoms with van der Waals surface area (Å²) in [5, 5.41) is 0. The van der Waals surface area contributed by atoms with Crippen LogP contribution in [0, 0.1) is 0 Å². The molecule has 0 nitrogen and oxygen atoms in total. The second-order valence-electron chi connectivity index (χ2n) is 5.84. The van der Waals surface area contributed by atoms with Crippen molar-refractivity contribution < 1.29 is 26.3 Å². The molecule has 0 bridgehead atoms. The summed E-state index contributed by atoms with van der Waals surface area (Å²) in [5.74, 6) is 0. The highest BCUT2D eigenvalue weighted by molar-refractivity contribution is 9.10. The summed E-state index contributed by atoms with van der Waals surface area (Å²) in [6.07, 6.45) is -8.87. The zero-order valence-electron chi connectivity index (χ0n) is 13.5. The normalized spacial score (nSPS) is 12.3. The topological polar surface area (TPSA) is 0 Å². The molecule has 0 aromatic heterocycles. The predicted octanol–water partition coefficient (Wildman–Crippen LogP) is 7.82. The van der Waals surface area contributed by atoms with E-state index in [-0.39, 0.29) is 0 Å². The molecule has 0 aliphatic rings. The Morgan fingerprint density at radius 2 is 0.926 bits per heavy atom. The summed E-state index contributed by atoms with van der Waals surface area (Å²) >= 11 is 3.32. The second kappa shape index (κ2) is 7.03. The molecule has 3 aromatic rings. The van der Waals surface area contributed by atoms with Gasteiger partial charge < -0.3 is 0 Å². The monoisotopic (exact) mass is 444 g/mol. The van der Waals surface area contributed by atoms with Crippen molar-refractivity contribution in [3.8, 4) is 22.3 Å². The number of hydrogen-bond acceptors (Lipinski definition) is 0. The zero-order chi connectivity index (χ0) is 19.8. The maximum absolute atomic E-state index is 12.8. The maximum atomic E-state index is 12.8. The van der Waals surface area contributed by atoms with E-state index in [9.17, 15) is 26.3 Å². The first-order chi connectivity index (χ1) is 12.6. The average Bonchev–Trinajstić information content (AvgIpc) is 2.60. The Labute approximate surface area is 159 Å². The van der Waals surface area contributed by atoms with Gasteiger partial charge in [-0.1, -0.05) is 46.3 Å². The molecule has 0 aliphatic carbocycles. The van der Waals surface area contributed by atoms with E-state index >= 15 is 0 Å². The van der Waals surface area contributed by atoms with E-state index in [1.165, 1.54) is 24.3 Å². The van der Waals surface area contributed by atoms with Gasteiger partial charge in [-0.2, -0.15) is 26.3 Å². The van der Waals surface area contributed by atoms with Crippen molar-refractivity contribution in [1.82, 2.24) is 0 Å². The molecular weight excluding hydrogens is 434 g/mol. The van der Waals surface area contributed by atoms with Gasteiger partial charge >= 0.3 is 12.4 Å². The molecule has 3 rings (SSSR count). The third-order valence-corrected chi connectivity index (χ3v) is 4.52. The van der Waals surface area contributed by atoms with Gasteiger partial charge in [-0.05, 0) is 58.7 Å². The van der Waals surface area contributed by atoms with Gasteiger partial charge in [-0.3, -0.25) is 0 Å². The molecule has 0 heterocycles. The number of rotatable bonds is 2. The predicted molar refractivity (Wildman–Crippen MR) is 95.0 cm³/mol. The molecular formula is C20H11BrF6. The summed E-state index contributed by atoms with van der Waals surface area (Å²) in [5.41, 5.74) is 0.755. The van der Waals surface area contributed by atoms with Crippen LogP contribution in [0.2, 0.25) is 0 Å². The van der Waals surface area contributed by atoms with Crippen LogP contribution in [0.15, 0.2) is 71.2 Å². The van der Waals surface area contributed by atoms with Crippen LogP contribution in [-0.4, -0.2) is 0 Å². The van der Waals surface area contributed by atoms with Gasteiger partial charge in [0.05, 0.1) is 11.1 Å². The van der Waals surface area contributed by atoms with Gasteiger partial charge in [0, 0.05) is 4.47 Å². The van der Waals surface area contributed by atoms with Crippen LogP contribution in [0.5, 0.6) is 0 Å². The van der Waals surface area contributed by atoms with E-state index in [0.717, 1.165) is 24.3 Å². The molecule has 0 atom stereocenters. The van der Waals surface area contributed by atoms with E-state index in [1.54, 1.807) is 18.2 Å². The molecule has 0 radical (unpaired) electrons. The van der Waals surface area contributed by atoms with Crippen LogP contribution < -0.4 is 0 Å². The molecule has 7 heteroatoms. The Hall–Kier alpha value is -2.28. The van der Waals surface area contributed by atoms with E-state index in [2.05, 4.69) is 15.9 Å². The molecule has 3 aromatic carbocycles. The first-order valence-corrected chi connectivity index (χ1v) is 8.50. The summed E-state index contributed by atoms with van der Waals surface area (Å²) in [6.45, 7) is 0. The highest BCUT2D eigenvalue weighted by Gasteiger charge is 2.31. The van der Waals surface area contributed by atoms with Crippen LogP contribution >= 0.6 is 15.9 Å². The minimum atomic E-state index is -4.44. The fourth-order valence-electron chi connectivity index (χ4n) is 2.68. The van der Waals surface area contributed by atoms with Gasteiger partial charge in [-0.25, -0.2) is 0 Å². The summed E-state index contributed by atoms with van der Waals surface area (Å²) in [4.78, 5) is 0. The van der Waals surface area contributed by atoms with Crippen LogP contribution in [0.1, 0.15) is 11.1 Å². The van der Waals surface area contributed by atoms with Gasteiger partial charge in [0.1, 0.15) is 0 Å².